The number of benzene rings is 2. The number of nitrogens with two attached hydrogens (primary N) is 1. The number of hydrogen-bond acceptors (Lipinski definition) is 4. The zero-order valence-corrected chi connectivity index (χ0v) is 16.4. The molecule has 2 rings (SSSR count). The van der Waals surface area contributed by atoms with Crippen molar-refractivity contribution in [2.24, 2.45) is 5.73 Å². The second kappa shape index (κ2) is 9.44. The van der Waals surface area contributed by atoms with Crippen LogP contribution in [-0.2, 0) is 16.0 Å². The maximum atomic E-state index is 12.6. The van der Waals surface area contributed by atoms with Crippen LogP contribution in [0.25, 0.3) is 0 Å². The van der Waals surface area contributed by atoms with Gasteiger partial charge in [0.25, 0.3) is 5.91 Å². The van der Waals surface area contributed by atoms with Gasteiger partial charge in [0, 0.05) is 15.6 Å². The summed E-state index contributed by atoms with van der Waals surface area (Å²) in [5, 5.41) is 4.95. The highest BCUT2D eigenvalue weighted by atomic mass is 127. The van der Waals surface area contributed by atoms with Crippen LogP contribution in [-0.4, -0.2) is 29.8 Å². The van der Waals surface area contributed by atoms with E-state index < -0.39 is 29.8 Å². The Bertz CT molecular complexity index is 794. The second-order valence-corrected chi connectivity index (χ2v) is 7.11. The quantitative estimate of drug-likeness (QED) is 0.565. The number of nitrogens with one attached hydrogen (secondary N) is 2. The van der Waals surface area contributed by atoms with Crippen LogP contribution >= 0.6 is 22.6 Å². The van der Waals surface area contributed by atoms with Gasteiger partial charge in [-0.25, -0.2) is 0 Å². The fourth-order valence-electron chi connectivity index (χ4n) is 2.26. The highest BCUT2D eigenvalue weighted by Gasteiger charge is 2.24. The average molecular weight is 465 g/mol. The molecule has 26 heavy (non-hydrogen) atoms. The molecule has 0 unspecified atom stereocenters. The molecular formula is C19H20IN3O3. The number of carbonyl (C=O) groups is 3. The lowest BCUT2D eigenvalue weighted by Gasteiger charge is -2.19. The van der Waals surface area contributed by atoms with Crippen molar-refractivity contribution in [3.63, 3.8) is 0 Å². The Hall–Kier alpha value is -2.26. The Morgan fingerprint density at radius 1 is 1.04 bits per heavy atom. The van der Waals surface area contributed by atoms with E-state index in [9.17, 15) is 14.4 Å². The molecule has 2 aromatic rings. The summed E-state index contributed by atoms with van der Waals surface area (Å²) in [6.07, 6.45) is 0.255. The molecule has 0 saturated heterocycles. The maximum Gasteiger partial charge on any atom is 0.257 e. The van der Waals surface area contributed by atoms with Crippen molar-refractivity contribution in [2.75, 3.05) is 0 Å². The predicted molar refractivity (Wildman–Crippen MR) is 107 cm³/mol. The molecule has 0 spiro atoms. The van der Waals surface area contributed by atoms with Crippen molar-refractivity contribution in [1.29, 1.82) is 0 Å². The van der Waals surface area contributed by atoms with E-state index in [1.807, 2.05) is 36.4 Å². The second-order valence-electron chi connectivity index (χ2n) is 5.87. The first-order chi connectivity index (χ1) is 12.4. The topological polar surface area (TPSA) is 101 Å². The van der Waals surface area contributed by atoms with E-state index in [-0.39, 0.29) is 6.42 Å². The summed E-state index contributed by atoms with van der Waals surface area (Å²) in [4.78, 5) is 36.8. The Morgan fingerprint density at radius 2 is 1.73 bits per heavy atom. The van der Waals surface area contributed by atoms with Gasteiger partial charge < -0.3 is 11.1 Å². The zero-order chi connectivity index (χ0) is 19.1. The predicted octanol–water partition coefficient (Wildman–Crippen LogP) is 1.62. The highest BCUT2D eigenvalue weighted by Crippen LogP contribution is 2.08. The minimum Gasteiger partial charge on any atom is -0.343 e. The van der Waals surface area contributed by atoms with Gasteiger partial charge in [-0.2, -0.15) is 0 Å². The molecule has 0 radical (unpaired) electrons. The van der Waals surface area contributed by atoms with Crippen LogP contribution in [0.3, 0.4) is 0 Å². The first-order valence-corrected chi connectivity index (χ1v) is 9.15. The van der Waals surface area contributed by atoms with Crippen molar-refractivity contribution < 1.29 is 14.4 Å². The Morgan fingerprint density at radius 3 is 2.35 bits per heavy atom. The first-order valence-electron chi connectivity index (χ1n) is 8.07. The van der Waals surface area contributed by atoms with E-state index in [1.54, 1.807) is 18.2 Å². The van der Waals surface area contributed by atoms with E-state index >= 15 is 0 Å². The van der Waals surface area contributed by atoms with Crippen molar-refractivity contribution in [1.82, 2.24) is 10.6 Å². The Labute approximate surface area is 165 Å². The SMILES string of the molecule is C[C@H](N)C(=O)N[C@@H](Cc1ccccc1)C(=O)NC(=O)c1cccc(I)c1. The van der Waals surface area contributed by atoms with E-state index in [0.29, 0.717) is 5.56 Å². The number of hydrogen-bond donors (Lipinski definition) is 3. The molecule has 0 bridgehead atoms. The van der Waals surface area contributed by atoms with Gasteiger partial charge in [-0.1, -0.05) is 36.4 Å². The lowest BCUT2D eigenvalue weighted by molar-refractivity contribution is -0.128. The molecule has 7 heteroatoms. The average Bonchev–Trinajstić information content (AvgIpc) is 2.61. The van der Waals surface area contributed by atoms with Gasteiger partial charge in [-0.05, 0) is 53.3 Å². The third-order valence-electron chi connectivity index (χ3n) is 3.65. The summed E-state index contributed by atoms with van der Waals surface area (Å²) in [5.41, 5.74) is 6.81. The molecule has 4 N–H and O–H groups in total. The van der Waals surface area contributed by atoms with Crippen molar-refractivity contribution >= 4 is 40.3 Å². The fraction of sp³-hybridized carbons (Fsp3) is 0.211. The van der Waals surface area contributed by atoms with E-state index in [4.69, 9.17) is 5.73 Å². The fourth-order valence-corrected chi connectivity index (χ4v) is 2.81. The number of amides is 3. The number of halogens is 1. The normalized spacial score (nSPS) is 12.7. The number of rotatable bonds is 6. The lowest BCUT2D eigenvalue weighted by atomic mass is 10.0. The minimum atomic E-state index is -0.900. The summed E-state index contributed by atoms with van der Waals surface area (Å²) in [5.74, 6) is -1.55. The third kappa shape index (κ3) is 5.92. The maximum absolute atomic E-state index is 12.6. The van der Waals surface area contributed by atoms with Gasteiger partial charge in [0.2, 0.25) is 11.8 Å². The molecule has 0 aliphatic heterocycles. The van der Waals surface area contributed by atoms with Gasteiger partial charge in [0.05, 0.1) is 6.04 Å². The van der Waals surface area contributed by atoms with Crippen molar-refractivity contribution in [3.8, 4) is 0 Å². The Kier molecular flexibility index (Phi) is 7.28. The lowest BCUT2D eigenvalue weighted by Crippen LogP contribution is -2.52. The molecule has 0 heterocycles. The van der Waals surface area contributed by atoms with Crippen molar-refractivity contribution in [2.45, 2.75) is 25.4 Å². The smallest absolute Gasteiger partial charge is 0.257 e. The van der Waals surface area contributed by atoms with Gasteiger partial charge in [-0.3, -0.25) is 19.7 Å². The number of imide groups is 1. The van der Waals surface area contributed by atoms with Gasteiger partial charge in [-0.15, -0.1) is 0 Å². The van der Waals surface area contributed by atoms with Gasteiger partial charge in [0.15, 0.2) is 0 Å². The molecule has 0 aliphatic rings. The zero-order valence-electron chi connectivity index (χ0n) is 14.2. The summed E-state index contributed by atoms with van der Waals surface area (Å²) >= 11 is 2.09. The molecule has 0 aromatic heterocycles. The largest absolute Gasteiger partial charge is 0.343 e. The molecule has 0 aliphatic carbocycles. The van der Waals surface area contributed by atoms with Gasteiger partial charge >= 0.3 is 0 Å². The van der Waals surface area contributed by atoms with Crippen LogP contribution in [0.15, 0.2) is 54.6 Å². The van der Waals surface area contributed by atoms with E-state index in [0.717, 1.165) is 9.13 Å². The molecule has 6 nitrogen and oxygen atoms in total. The van der Waals surface area contributed by atoms with Crippen LogP contribution in [0.1, 0.15) is 22.8 Å². The molecule has 2 aromatic carbocycles. The minimum absolute atomic E-state index is 0.255. The molecule has 136 valence electrons. The van der Waals surface area contributed by atoms with Crippen molar-refractivity contribution in [3.05, 3.63) is 69.3 Å². The monoisotopic (exact) mass is 465 g/mol. The highest BCUT2D eigenvalue weighted by molar-refractivity contribution is 14.1. The van der Waals surface area contributed by atoms with Crippen LogP contribution in [0.2, 0.25) is 0 Å². The van der Waals surface area contributed by atoms with Crippen LogP contribution < -0.4 is 16.4 Å². The molecule has 3 amide bonds. The summed E-state index contributed by atoms with van der Waals surface area (Å²) in [7, 11) is 0. The molecular weight excluding hydrogens is 445 g/mol. The van der Waals surface area contributed by atoms with Crippen LogP contribution in [0.5, 0.6) is 0 Å². The van der Waals surface area contributed by atoms with Gasteiger partial charge in [0.1, 0.15) is 6.04 Å². The summed E-state index contributed by atoms with van der Waals surface area (Å²) in [6.45, 7) is 1.53. The van der Waals surface area contributed by atoms with Crippen LogP contribution in [0.4, 0.5) is 0 Å². The van der Waals surface area contributed by atoms with Crippen LogP contribution in [0, 0.1) is 3.57 Å². The third-order valence-corrected chi connectivity index (χ3v) is 4.32. The molecule has 2 atom stereocenters. The molecule has 0 fully saturated rings. The number of carbonyl (C=O) groups excluding carboxylic acids is 3. The van der Waals surface area contributed by atoms with E-state index in [1.165, 1.54) is 6.92 Å². The first kappa shape index (κ1) is 20.1. The Balaban J connectivity index is 2.13. The van der Waals surface area contributed by atoms with E-state index in [2.05, 4.69) is 33.2 Å². The summed E-state index contributed by atoms with van der Waals surface area (Å²) in [6, 6.07) is 14.5. The summed E-state index contributed by atoms with van der Waals surface area (Å²) < 4.78 is 0.883. The standard InChI is InChI=1S/C19H20IN3O3/c1-12(21)17(24)22-16(10-13-6-3-2-4-7-13)19(26)23-18(25)14-8-5-9-15(20)11-14/h2-9,11-12,16H,10,21H2,1H3,(H,22,24)(H,23,25,26)/t12-,16-/m0/s1. The molecule has 0 saturated carbocycles.